The number of amides is 2. The van der Waals surface area contributed by atoms with Gasteiger partial charge in [0, 0.05) is 6.07 Å². The van der Waals surface area contributed by atoms with E-state index in [9.17, 15) is 34.6 Å². The van der Waals surface area contributed by atoms with E-state index in [4.69, 9.17) is 9.47 Å². The van der Waals surface area contributed by atoms with Crippen molar-refractivity contribution in [2.24, 2.45) is 0 Å². The molecule has 2 aromatic rings. The molecule has 0 bridgehead atoms. The minimum atomic E-state index is -0.789. The summed E-state index contributed by atoms with van der Waals surface area (Å²) in [7, 11) is 0. The van der Waals surface area contributed by atoms with Crippen LogP contribution in [0.4, 0.5) is 16.2 Å². The Hall–Kier alpha value is -4.26. The second-order valence-corrected chi connectivity index (χ2v) is 7.40. The van der Waals surface area contributed by atoms with Crippen LogP contribution in [0.2, 0.25) is 0 Å². The molecule has 1 saturated heterocycles. The zero-order chi connectivity index (χ0) is 24.1. The van der Waals surface area contributed by atoms with Gasteiger partial charge in [-0.05, 0) is 48.5 Å². The minimum absolute atomic E-state index is 0.115. The van der Waals surface area contributed by atoms with Gasteiger partial charge in [0.1, 0.15) is 12.3 Å². The number of carbonyl (C=O) groups excluding carboxylic acids is 3. The van der Waals surface area contributed by atoms with E-state index in [1.54, 1.807) is 19.1 Å². The second-order valence-electron chi connectivity index (χ2n) is 6.41. The summed E-state index contributed by atoms with van der Waals surface area (Å²) in [6.45, 7) is 1.26. The number of hydrogen-bond acceptors (Lipinski definition) is 10. The summed E-state index contributed by atoms with van der Waals surface area (Å²) in [6.07, 6.45) is 1.45. The first-order valence-electron chi connectivity index (χ1n) is 9.31. The number of rotatable bonds is 8. The molecule has 1 aliphatic rings. The van der Waals surface area contributed by atoms with Crippen molar-refractivity contribution < 1.29 is 33.7 Å². The second kappa shape index (κ2) is 9.91. The van der Waals surface area contributed by atoms with Crippen LogP contribution < -0.4 is 4.74 Å². The summed E-state index contributed by atoms with van der Waals surface area (Å²) in [6, 6.07) is 9.06. The molecule has 0 atom stereocenters. The number of ether oxygens (including phenoxy) is 2. The van der Waals surface area contributed by atoms with Crippen molar-refractivity contribution in [3.8, 4) is 11.5 Å². The molecule has 1 aliphatic heterocycles. The van der Waals surface area contributed by atoms with E-state index in [0.717, 1.165) is 23.1 Å². The third-order valence-corrected chi connectivity index (χ3v) is 5.13. The van der Waals surface area contributed by atoms with Crippen LogP contribution >= 0.6 is 11.8 Å². The highest BCUT2D eigenvalue weighted by Gasteiger charge is 2.36. The van der Waals surface area contributed by atoms with E-state index in [1.807, 2.05) is 0 Å². The van der Waals surface area contributed by atoms with E-state index in [-0.39, 0.29) is 23.0 Å². The predicted molar refractivity (Wildman–Crippen MR) is 116 cm³/mol. The minimum Gasteiger partial charge on any atom is -0.465 e. The molecular formula is C20H15N3O9S. The number of hydrogen-bond donors (Lipinski definition) is 0. The lowest BCUT2D eigenvalue weighted by Gasteiger charge is -2.10. The van der Waals surface area contributed by atoms with Crippen molar-refractivity contribution >= 4 is 46.3 Å². The summed E-state index contributed by atoms with van der Waals surface area (Å²) >= 11 is 0.682. The Morgan fingerprint density at radius 3 is 2.39 bits per heavy atom. The van der Waals surface area contributed by atoms with Crippen molar-refractivity contribution in [2.75, 3.05) is 13.2 Å². The highest BCUT2D eigenvalue weighted by Crippen LogP contribution is 2.35. The number of nitrogens with zero attached hydrogens (tertiary/aromatic N) is 3. The van der Waals surface area contributed by atoms with E-state index < -0.39 is 44.9 Å². The van der Waals surface area contributed by atoms with Crippen LogP contribution in [0.5, 0.6) is 11.5 Å². The summed E-state index contributed by atoms with van der Waals surface area (Å²) in [5, 5.41) is 21.5. The fourth-order valence-electron chi connectivity index (χ4n) is 2.73. The molecule has 0 saturated carbocycles. The standard InChI is InChI=1S/C20H15N3O9S/c1-2-31-18(24)11-21-19(25)17(33-20(21)26)9-12-3-6-14(7-4-12)32-16-8-5-13(22(27)28)10-15(16)23(29)30/h3-10H,2,11H2,1H3/b17-9+. The fourth-order valence-corrected chi connectivity index (χ4v) is 3.57. The molecule has 0 aromatic heterocycles. The first kappa shape index (κ1) is 23.4. The van der Waals surface area contributed by atoms with Gasteiger partial charge in [0.15, 0.2) is 0 Å². The molecule has 3 rings (SSSR count). The van der Waals surface area contributed by atoms with Crippen molar-refractivity contribution in [2.45, 2.75) is 6.92 Å². The van der Waals surface area contributed by atoms with Gasteiger partial charge in [0.25, 0.3) is 16.8 Å². The number of esters is 1. The molecule has 13 heteroatoms. The number of non-ortho nitro benzene ring substituents is 1. The first-order chi connectivity index (χ1) is 15.7. The zero-order valence-electron chi connectivity index (χ0n) is 17.0. The summed E-state index contributed by atoms with van der Waals surface area (Å²) in [5.74, 6) is -1.29. The molecule has 0 unspecified atom stereocenters. The third kappa shape index (κ3) is 5.51. The number of benzene rings is 2. The molecule has 2 amide bonds. The zero-order valence-corrected chi connectivity index (χ0v) is 17.8. The van der Waals surface area contributed by atoms with Gasteiger partial charge in [-0.1, -0.05) is 12.1 Å². The molecule has 0 aliphatic carbocycles. The summed E-state index contributed by atoms with van der Waals surface area (Å²) in [5.41, 5.74) is -0.480. The number of carbonyl (C=O) groups is 3. The van der Waals surface area contributed by atoms with E-state index in [1.165, 1.54) is 18.2 Å². The number of nitro groups is 2. The van der Waals surface area contributed by atoms with Crippen molar-refractivity contribution in [3.63, 3.8) is 0 Å². The molecule has 0 N–H and O–H groups in total. The Morgan fingerprint density at radius 2 is 1.79 bits per heavy atom. The molecule has 0 radical (unpaired) electrons. The predicted octanol–water partition coefficient (Wildman–Crippen LogP) is 3.89. The van der Waals surface area contributed by atoms with E-state index in [2.05, 4.69) is 0 Å². The highest BCUT2D eigenvalue weighted by atomic mass is 32.2. The molecule has 0 spiro atoms. The van der Waals surface area contributed by atoms with Gasteiger partial charge >= 0.3 is 11.7 Å². The Labute approximate surface area is 190 Å². The molecule has 2 aromatic carbocycles. The Kier molecular flexibility index (Phi) is 7.03. The lowest BCUT2D eigenvalue weighted by molar-refractivity contribution is -0.394. The van der Waals surface area contributed by atoms with Crippen LogP contribution in [0.25, 0.3) is 6.08 Å². The molecule has 1 fully saturated rings. The van der Waals surface area contributed by atoms with Gasteiger partial charge in [-0.15, -0.1) is 0 Å². The van der Waals surface area contributed by atoms with Gasteiger partial charge in [-0.25, -0.2) is 0 Å². The number of imide groups is 1. The lowest BCUT2D eigenvalue weighted by Crippen LogP contribution is -2.34. The van der Waals surface area contributed by atoms with E-state index >= 15 is 0 Å². The maximum Gasteiger partial charge on any atom is 0.326 e. The maximum atomic E-state index is 12.4. The van der Waals surface area contributed by atoms with Crippen molar-refractivity contribution in [1.82, 2.24) is 4.90 Å². The quantitative estimate of drug-likeness (QED) is 0.238. The maximum absolute atomic E-state index is 12.4. The Balaban J connectivity index is 1.75. The molecule has 33 heavy (non-hydrogen) atoms. The average molecular weight is 473 g/mol. The van der Waals surface area contributed by atoms with Crippen LogP contribution in [0, 0.1) is 20.2 Å². The largest absolute Gasteiger partial charge is 0.465 e. The SMILES string of the molecule is CCOC(=O)CN1C(=O)S/C(=C/c2ccc(Oc3ccc([N+](=O)[O-])cc3[N+](=O)[O-])cc2)C1=O. The topological polar surface area (TPSA) is 159 Å². The molecule has 1 heterocycles. The fraction of sp³-hybridized carbons (Fsp3) is 0.150. The van der Waals surface area contributed by atoms with Gasteiger partial charge < -0.3 is 9.47 Å². The molecule has 170 valence electrons. The van der Waals surface area contributed by atoms with E-state index in [0.29, 0.717) is 17.3 Å². The van der Waals surface area contributed by atoms with Gasteiger partial charge in [0.2, 0.25) is 5.75 Å². The Bertz CT molecular complexity index is 1180. The van der Waals surface area contributed by atoms with Crippen LogP contribution in [0.1, 0.15) is 12.5 Å². The average Bonchev–Trinajstić information content (AvgIpc) is 3.02. The van der Waals surface area contributed by atoms with Crippen molar-refractivity contribution in [1.29, 1.82) is 0 Å². The van der Waals surface area contributed by atoms with Crippen LogP contribution in [0.15, 0.2) is 47.4 Å². The molecule has 12 nitrogen and oxygen atoms in total. The summed E-state index contributed by atoms with van der Waals surface area (Å²) < 4.78 is 10.2. The third-order valence-electron chi connectivity index (χ3n) is 4.22. The van der Waals surface area contributed by atoms with Crippen molar-refractivity contribution in [3.05, 3.63) is 73.2 Å². The first-order valence-corrected chi connectivity index (χ1v) is 10.1. The molecular weight excluding hydrogens is 458 g/mol. The smallest absolute Gasteiger partial charge is 0.326 e. The van der Waals surface area contributed by atoms with Crippen LogP contribution in [-0.4, -0.2) is 45.0 Å². The highest BCUT2D eigenvalue weighted by molar-refractivity contribution is 8.18. The number of nitro benzene ring substituents is 2. The lowest BCUT2D eigenvalue weighted by atomic mass is 10.2. The number of thioether (sulfide) groups is 1. The Morgan fingerprint density at radius 1 is 1.09 bits per heavy atom. The van der Waals surface area contributed by atoms with Gasteiger partial charge in [-0.3, -0.25) is 39.5 Å². The monoisotopic (exact) mass is 473 g/mol. The van der Waals surface area contributed by atoms with Gasteiger partial charge in [-0.2, -0.15) is 0 Å². The van der Waals surface area contributed by atoms with Crippen LogP contribution in [0.3, 0.4) is 0 Å². The summed E-state index contributed by atoms with van der Waals surface area (Å²) in [4.78, 5) is 57.5. The van der Waals surface area contributed by atoms with Crippen LogP contribution in [-0.2, 0) is 14.3 Å². The normalized spacial score (nSPS) is 14.5. The van der Waals surface area contributed by atoms with Gasteiger partial charge in [0.05, 0.1) is 27.4 Å².